The van der Waals surface area contributed by atoms with Gasteiger partial charge in [-0.05, 0) is 30.7 Å². The van der Waals surface area contributed by atoms with Crippen molar-refractivity contribution < 1.29 is 9.90 Å². The molecule has 76 valence electrons. The first-order valence-electron chi connectivity index (χ1n) is 4.52. The quantitative estimate of drug-likeness (QED) is 0.783. The van der Waals surface area contributed by atoms with Crippen molar-refractivity contribution in [2.45, 2.75) is 6.92 Å². The van der Waals surface area contributed by atoms with E-state index in [2.05, 4.69) is 9.97 Å². The van der Waals surface area contributed by atoms with Gasteiger partial charge in [-0.3, -0.25) is 4.98 Å². The first kappa shape index (κ1) is 9.45. The van der Waals surface area contributed by atoms with E-state index in [0.717, 1.165) is 16.8 Å². The van der Waals surface area contributed by atoms with Gasteiger partial charge in [0.1, 0.15) is 5.69 Å². The van der Waals surface area contributed by atoms with Gasteiger partial charge in [-0.15, -0.1) is 0 Å². The first-order chi connectivity index (χ1) is 7.18. The van der Waals surface area contributed by atoms with Gasteiger partial charge in [-0.2, -0.15) is 0 Å². The van der Waals surface area contributed by atoms with E-state index >= 15 is 0 Å². The lowest BCUT2D eigenvalue weighted by Gasteiger charge is -1.97. The van der Waals surface area contributed by atoms with E-state index in [-0.39, 0.29) is 5.69 Å². The molecule has 0 spiro atoms. The SMILES string of the molecule is Cc1[nH]c(C(=O)O)cc1-c1ccncc1. The molecule has 2 heterocycles. The highest BCUT2D eigenvalue weighted by Gasteiger charge is 2.10. The Balaban J connectivity index is 2.50. The molecule has 0 unspecified atom stereocenters. The van der Waals surface area contributed by atoms with E-state index in [1.54, 1.807) is 18.5 Å². The molecule has 2 N–H and O–H groups in total. The standard InChI is InChI=1S/C11H10N2O2/c1-7-9(6-10(13-7)11(14)15)8-2-4-12-5-3-8/h2-6,13H,1H3,(H,14,15). The average molecular weight is 202 g/mol. The zero-order valence-corrected chi connectivity index (χ0v) is 8.19. The minimum absolute atomic E-state index is 0.208. The molecule has 0 aliphatic rings. The topological polar surface area (TPSA) is 66.0 Å². The molecule has 15 heavy (non-hydrogen) atoms. The van der Waals surface area contributed by atoms with Crippen molar-refractivity contribution in [1.82, 2.24) is 9.97 Å². The molecule has 0 aliphatic carbocycles. The minimum Gasteiger partial charge on any atom is -0.477 e. The Hall–Kier alpha value is -2.10. The summed E-state index contributed by atoms with van der Waals surface area (Å²) in [6.45, 7) is 1.85. The number of hydrogen-bond acceptors (Lipinski definition) is 2. The maximum Gasteiger partial charge on any atom is 0.352 e. The molecule has 2 aromatic rings. The Morgan fingerprint density at radius 2 is 2.07 bits per heavy atom. The Bertz CT molecular complexity index is 489. The minimum atomic E-state index is -0.946. The van der Waals surface area contributed by atoms with Crippen LogP contribution in [0.4, 0.5) is 0 Å². The monoisotopic (exact) mass is 202 g/mol. The van der Waals surface area contributed by atoms with Crippen LogP contribution in [0.5, 0.6) is 0 Å². The summed E-state index contributed by atoms with van der Waals surface area (Å²) in [5, 5.41) is 8.83. The zero-order chi connectivity index (χ0) is 10.8. The number of H-pyrrole nitrogens is 1. The molecule has 0 saturated heterocycles. The van der Waals surface area contributed by atoms with Crippen LogP contribution < -0.4 is 0 Å². The predicted octanol–water partition coefficient (Wildman–Crippen LogP) is 2.08. The van der Waals surface area contributed by atoms with Gasteiger partial charge in [0.25, 0.3) is 0 Å². The van der Waals surface area contributed by atoms with Crippen LogP contribution in [0.15, 0.2) is 30.6 Å². The smallest absolute Gasteiger partial charge is 0.352 e. The van der Waals surface area contributed by atoms with Gasteiger partial charge >= 0.3 is 5.97 Å². The number of aryl methyl sites for hydroxylation is 1. The van der Waals surface area contributed by atoms with Crippen molar-refractivity contribution in [3.05, 3.63) is 42.0 Å². The highest BCUT2D eigenvalue weighted by atomic mass is 16.4. The number of carboxylic acid groups (broad SMARTS) is 1. The fourth-order valence-corrected chi connectivity index (χ4v) is 1.50. The Morgan fingerprint density at radius 1 is 1.40 bits per heavy atom. The maximum absolute atomic E-state index is 10.8. The van der Waals surface area contributed by atoms with E-state index in [1.807, 2.05) is 19.1 Å². The van der Waals surface area contributed by atoms with Crippen LogP contribution in [0.1, 0.15) is 16.2 Å². The molecule has 0 radical (unpaired) electrons. The van der Waals surface area contributed by atoms with Crippen molar-refractivity contribution in [3.63, 3.8) is 0 Å². The second-order valence-electron chi connectivity index (χ2n) is 3.26. The Labute approximate surface area is 86.6 Å². The number of aromatic nitrogens is 2. The van der Waals surface area contributed by atoms with Gasteiger partial charge in [0.15, 0.2) is 0 Å². The molecule has 0 fully saturated rings. The molecule has 0 bridgehead atoms. The highest BCUT2D eigenvalue weighted by Crippen LogP contribution is 2.23. The molecular formula is C11H10N2O2. The number of aromatic amines is 1. The second kappa shape index (κ2) is 3.57. The number of carbonyl (C=O) groups is 1. The summed E-state index contributed by atoms with van der Waals surface area (Å²) < 4.78 is 0. The lowest BCUT2D eigenvalue weighted by Crippen LogP contribution is -1.95. The number of rotatable bonds is 2. The molecule has 2 aromatic heterocycles. The van der Waals surface area contributed by atoms with Gasteiger partial charge < -0.3 is 10.1 Å². The lowest BCUT2D eigenvalue weighted by molar-refractivity contribution is 0.0691. The second-order valence-corrected chi connectivity index (χ2v) is 3.26. The van der Waals surface area contributed by atoms with Crippen molar-refractivity contribution in [3.8, 4) is 11.1 Å². The summed E-state index contributed by atoms with van der Waals surface area (Å²) in [5.41, 5.74) is 2.92. The number of pyridine rings is 1. The molecule has 0 aliphatic heterocycles. The van der Waals surface area contributed by atoms with Crippen LogP contribution in [-0.4, -0.2) is 21.0 Å². The van der Waals surface area contributed by atoms with Gasteiger partial charge in [0, 0.05) is 23.7 Å². The number of nitrogens with zero attached hydrogens (tertiary/aromatic N) is 1. The first-order valence-corrected chi connectivity index (χ1v) is 4.52. The summed E-state index contributed by atoms with van der Waals surface area (Å²) >= 11 is 0. The fraction of sp³-hybridized carbons (Fsp3) is 0.0909. The third kappa shape index (κ3) is 1.74. The number of carboxylic acids is 1. The zero-order valence-electron chi connectivity index (χ0n) is 8.19. The largest absolute Gasteiger partial charge is 0.477 e. The molecule has 0 saturated carbocycles. The van der Waals surface area contributed by atoms with Gasteiger partial charge in [0.2, 0.25) is 0 Å². The summed E-state index contributed by atoms with van der Waals surface area (Å²) in [4.78, 5) is 17.5. The normalized spacial score (nSPS) is 10.2. The predicted molar refractivity (Wildman–Crippen MR) is 55.7 cm³/mol. The van der Waals surface area contributed by atoms with Crippen LogP contribution in [0, 0.1) is 6.92 Å². The van der Waals surface area contributed by atoms with E-state index in [0.29, 0.717) is 0 Å². The van der Waals surface area contributed by atoms with Crippen molar-refractivity contribution >= 4 is 5.97 Å². The van der Waals surface area contributed by atoms with Crippen LogP contribution in [0.3, 0.4) is 0 Å². The Kier molecular flexibility index (Phi) is 2.25. The molecule has 4 nitrogen and oxygen atoms in total. The maximum atomic E-state index is 10.8. The van der Waals surface area contributed by atoms with Gasteiger partial charge in [-0.1, -0.05) is 0 Å². The fourth-order valence-electron chi connectivity index (χ4n) is 1.50. The third-order valence-corrected chi connectivity index (χ3v) is 2.24. The average Bonchev–Trinajstić information content (AvgIpc) is 2.62. The summed E-state index contributed by atoms with van der Waals surface area (Å²) in [6.07, 6.45) is 3.37. The van der Waals surface area contributed by atoms with E-state index in [4.69, 9.17) is 5.11 Å². The van der Waals surface area contributed by atoms with Crippen LogP contribution >= 0.6 is 0 Å². The van der Waals surface area contributed by atoms with E-state index < -0.39 is 5.97 Å². The van der Waals surface area contributed by atoms with Crippen molar-refractivity contribution in [2.75, 3.05) is 0 Å². The molecular weight excluding hydrogens is 192 g/mol. The van der Waals surface area contributed by atoms with E-state index in [1.165, 1.54) is 0 Å². The third-order valence-electron chi connectivity index (χ3n) is 2.24. The molecule has 0 amide bonds. The molecule has 2 rings (SSSR count). The number of hydrogen-bond donors (Lipinski definition) is 2. The number of nitrogens with one attached hydrogen (secondary N) is 1. The Morgan fingerprint density at radius 3 is 2.60 bits per heavy atom. The van der Waals surface area contributed by atoms with Crippen LogP contribution in [-0.2, 0) is 0 Å². The molecule has 0 aromatic carbocycles. The summed E-state index contributed by atoms with van der Waals surface area (Å²) in [7, 11) is 0. The highest BCUT2D eigenvalue weighted by molar-refractivity contribution is 5.88. The van der Waals surface area contributed by atoms with Crippen molar-refractivity contribution in [2.24, 2.45) is 0 Å². The van der Waals surface area contributed by atoms with Gasteiger partial charge in [-0.25, -0.2) is 4.79 Å². The molecule has 4 heteroatoms. The number of aromatic carboxylic acids is 1. The van der Waals surface area contributed by atoms with Crippen molar-refractivity contribution in [1.29, 1.82) is 0 Å². The van der Waals surface area contributed by atoms with E-state index in [9.17, 15) is 4.79 Å². The summed E-state index contributed by atoms with van der Waals surface area (Å²) in [6, 6.07) is 5.33. The molecule has 0 atom stereocenters. The van der Waals surface area contributed by atoms with Crippen LogP contribution in [0.2, 0.25) is 0 Å². The van der Waals surface area contributed by atoms with Gasteiger partial charge in [0.05, 0.1) is 0 Å². The summed E-state index contributed by atoms with van der Waals surface area (Å²) in [5.74, 6) is -0.946. The lowest BCUT2D eigenvalue weighted by atomic mass is 10.1. The van der Waals surface area contributed by atoms with Crippen LogP contribution in [0.25, 0.3) is 11.1 Å².